The number of likely N-dealkylation sites (tertiary alicyclic amines) is 1. The summed E-state index contributed by atoms with van der Waals surface area (Å²) in [6.45, 7) is 12.1. The minimum absolute atomic E-state index is 0. The van der Waals surface area contributed by atoms with Gasteiger partial charge in [0.2, 0.25) is 5.91 Å². The lowest BCUT2D eigenvalue weighted by molar-refractivity contribution is -0.119. The average Bonchev–Trinajstić information content (AvgIpc) is 2.55. The Bertz CT molecular complexity index is 637. The van der Waals surface area contributed by atoms with Crippen LogP contribution in [0.1, 0.15) is 48.4 Å². The summed E-state index contributed by atoms with van der Waals surface area (Å²) in [5, 5.41) is 3.41. The van der Waals surface area contributed by atoms with Crippen molar-refractivity contribution in [3.8, 4) is 0 Å². The number of aliphatic imine (C=N–C) groups is 1. The van der Waals surface area contributed by atoms with Gasteiger partial charge in [0.05, 0.1) is 0 Å². The van der Waals surface area contributed by atoms with Crippen LogP contribution in [0.15, 0.2) is 17.1 Å². The second kappa shape index (κ2) is 11.5. The van der Waals surface area contributed by atoms with Gasteiger partial charge in [-0.25, -0.2) is 0 Å². The minimum atomic E-state index is -0.205. The number of hydrogen-bond donors (Lipinski definition) is 2. The lowest BCUT2D eigenvalue weighted by atomic mass is 9.95. The molecule has 1 atom stereocenters. The minimum Gasteiger partial charge on any atom is -0.370 e. The molecule has 0 aromatic heterocycles. The molecule has 2 rings (SSSR count). The zero-order valence-corrected chi connectivity index (χ0v) is 19.5. The first-order valence-corrected chi connectivity index (χ1v) is 9.79. The Morgan fingerprint density at radius 2 is 1.96 bits per heavy atom. The molecule has 1 aliphatic rings. The molecule has 1 saturated heterocycles. The molecule has 27 heavy (non-hydrogen) atoms. The molecular formula is C21H35IN4O. The van der Waals surface area contributed by atoms with Crippen LogP contribution in [0.4, 0.5) is 0 Å². The first-order valence-electron chi connectivity index (χ1n) is 9.79. The third-order valence-electron chi connectivity index (χ3n) is 5.11. The molecule has 6 heteroatoms. The second-order valence-corrected chi connectivity index (χ2v) is 7.49. The molecule has 0 radical (unpaired) electrons. The van der Waals surface area contributed by atoms with E-state index in [0.29, 0.717) is 12.3 Å². The SMILES string of the molecule is CCNC(=NCCc1c(C)cc(C)cc1C)N1CCCC(CC(N)=O)C1.I. The normalized spacial score (nSPS) is 17.4. The van der Waals surface area contributed by atoms with Crippen LogP contribution in [0.25, 0.3) is 0 Å². The van der Waals surface area contributed by atoms with Crippen molar-refractivity contribution < 1.29 is 4.79 Å². The van der Waals surface area contributed by atoms with Crippen LogP contribution in [0.3, 0.4) is 0 Å². The Morgan fingerprint density at radius 1 is 1.30 bits per heavy atom. The van der Waals surface area contributed by atoms with Crippen LogP contribution in [0.5, 0.6) is 0 Å². The molecule has 1 aliphatic heterocycles. The summed E-state index contributed by atoms with van der Waals surface area (Å²) in [4.78, 5) is 18.4. The van der Waals surface area contributed by atoms with Gasteiger partial charge in [-0.15, -0.1) is 24.0 Å². The number of benzene rings is 1. The summed E-state index contributed by atoms with van der Waals surface area (Å²) in [6, 6.07) is 4.49. The highest BCUT2D eigenvalue weighted by Gasteiger charge is 2.23. The summed E-state index contributed by atoms with van der Waals surface area (Å²) < 4.78 is 0. The highest BCUT2D eigenvalue weighted by Crippen LogP contribution is 2.20. The number of nitrogens with zero attached hydrogens (tertiary/aromatic N) is 2. The van der Waals surface area contributed by atoms with Crippen molar-refractivity contribution in [1.82, 2.24) is 10.2 Å². The fraction of sp³-hybridized carbons (Fsp3) is 0.619. The van der Waals surface area contributed by atoms with Crippen molar-refractivity contribution in [2.24, 2.45) is 16.6 Å². The Morgan fingerprint density at radius 3 is 2.56 bits per heavy atom. The van der Waals surface area contributed by atoms with E-state index in [1.54, 1.807) is 0 Å². The number of halogens is 1. The molecule has 1 amide bonds. The van der Waals surface area contributed by atoms with E-state index in [-0.39, 0.29) is 29.9 Å². The number of carbonyl (C=O) groups excluding carboxylic acids is 1. The Balaban J connectivity index is 0.00000364. The van der Waals surface area contributed by atoms with Gasteiger partial charge in [0.1, 0.15) is 0 Å². The number of piperidine rings is 1. The molecule has 0 bridgehead atoms. The van der Waals surface area contributed by atoms with Crippen LogP contribution >= 0.6 is 24.0 Å². The molecule has 0 saturated carbocycles. The summed E-state index contributed by atoms with van der Waals surface area (Å²) >= 11 is 0. The maximum absolute atomic E-state index is 11.2. The predicted octanol–water partition coefficient (Wildman–Crippen LogP) is 3.33. The Kier molecular flexibility index (Phi) is 10.1. The summed E-state index contributed by atoms with van der Waals surface area (Å²) in [5.74, 6) is 1.10. The van der Waals surface area contributed by atoms with E-state index in [4.69, 9.17) is 10.7 Å². The maximum Gasteiger partial charge on any atom is 0.217 e. The number of nitrogens with two attached hydrogens (primary N) is 1. The molecule has 0 spiro atoms. The second-order valence-electron chi connectivity index (χ2n) is 7.49. The van der Waals surface area contributed by atoms with Crippen molar-refractivity contribution >= 4 is 35.8 Å². The maximum atomic E-state index is 11.2. The van der Waals surface area contributed by atoms with E-state index in [0.717, 1.165) is 51.4 Å². The topological polar surface area (TPSA) is 70.7 Å². The zero-order valence-electron chi connectivity index (χ0n) is 17.2. The quantitative estimate of drug-likeness (QED) is 0.368. The van der Waals surface area contributed by atoms with Crippen molar-refractivity contribution in [2.45, 2.75) is 53.4 Å². The lowest BCUT2D eigenvalue weighted by Gasteiger charge is -2.34. The first kappa shape index (κ1) is 23.7. The number of hydrogen-bond acceptors (Lipinski definition) is 2. The van der Waals surface area contributed by atoms with Gasteiger partial charge in [0.15, 0.2) is 5.96 Å². The molecule has 1 aromatic rings. The van der Waals surface area contributed by atoms with Gasteiger partial charge in [-0.3, -0.25) is 9.79 Å². The predicted molar refractivity (Wildman–Crippen MR) is 124 cm³/mol. The number of carbonyl (C=O) groups is 1. The van der Waals surface area contributed by atoms with E-state index in [1.807, 2.05) is 0 Å². The number of guanidine groups is 1. The number of nitrogens with one attached hydrogen (secondary N) is 1. The van der Waals surface area contributed by atoms with Crippen LogP contribution < -0.4 is 11.1 Å². The largest absolute Gasteiger partial charge is 0.370 e. The van der Waals surface area contributed by atoms with E-state index in [9.17, 15) is 4.79 Å². The Hall–Kier alpha value is -1.31. The molecule has 152 valence electrons. The van der Waals surface area contributed by atoms with Crippen molar-refractivity contribution in [1.29, 1.82) is 0 Å². The van der Waals surface area contributed by atoms with E-state index in [1.165, 1.54) is 22.3 Å². The van der Waals surface area contributed by atoms with Crippen molar-refractivity contribution in [2.75, 3.05) is 26.2 Å². The molecule has 0 aliphatic carbocycles. The molecule has 1 fully saturated rings. The third-order valence-corrected chi connectivity index (χ3v) is 5.11. The van der Waals surface area contributed by atoms with Crippen LogP contribution in [0.2, 0.25) is 0 Å². The van der Waals surface area contributed by atoms with Gasteiger partial charge in [-0.2, -0.15) is 0 Å². The highest BCUT2D eigenvalue weighted by molar-refractivity contribution is 14.0. The van der Waals surface area contributed by atoms with E-state index >= 15 is 0 Å². The first-order chi connectivity index (χ1) is 12.4. The fourth-order valence-electron chi connectivity index (χ4n) is 4.01. The summed E-state index contributed by atoms with van der Waals surface area (Å²) in [7, 11) is 0. The van der Waals surface area contributed by atoms with Gasteiger partial charge in [-0.1, -0.05) is 17.7 Å². The van der Waals surface area contributed by atoms with Gasteiger partial charge in [0.25, 0.3) is 0 Å². The number of amides is 1. The smallest absolute Gasteiger partial charge is 0.217 e. The van der Waals surface area contributed by atoms with Crippen LogP contribution in [-0.2, 0) is 11.2 Å². The number of primary amides is 1. The molecule has 1 unspecified atom stereocenters. The van der Waals surface area contributed by atoms with Gasteiger partial charge in [0, 0.05) is 32.6 Å². The molecule has 5 nitrogen and oxygen atoms in total. The average molecular weight is 486 g/mol. The van der Waals surface area contributed by atoms with Gasteiger partial charge < -0.3 is 16.0 Å². The molecular weight excluding hydrogens is 451 g/mol. The van der Waals surface area contributed by atoms with Gasteiger partial charge >= 0.3 is 0 Å². The third kappa shape index (κ3) is 7.31. The number of rotatable bonds is 6. The highest BCUT2D eigenvalue weighted by atomic mass is 127. The zero-order chi connectivity index (χ0) is 19.1. The van der Waals surface area contributed by atoms with E-state index in [2.05, 4.69) is 50.0 Å². The monoisotopic (exact) mass is 486 g/mol. The van der Waals surface area contributed by atoms with Crippen molar-refractivity contribution in [3.05, 3.63) is 34.4 Å². The lowest BCUT2D eigenvalue weighted by Crippen LogP contribution is -2.47. The molecule has 1 heterocycles. The van der Waals surface area contributed by atoms with Gasteiger partial charge in [-0.05, 0) is 69.6 Å². The summed E-state index contributed by atoms with van der Waals surface area (Å²) in [5.41, 5.74) is 10.8. The summed E-state index contributed by atoms with van der Waals surface area (Å²) in [6.07, 6.45) is 3.57. The van der Waals surface area contributed by atoms with Crippen LogP contribution in [-0.4, -0.2) is 42.9 Å². The van der Waals surface area contributed by atoms with Crippen molar-refractivity contribution in [3.63, 3.8) is 0 Å². The number of aryl methyl sites for hydroxylation is 3. The molecule has 1 aromatic carbocycles. The van der Waals surface area contributed by atoms with E-state index < -0.39 is 0 Å². The van der Waals surface area contributed by atoms with Crippen LogP contribution in [0, 0.1) is 26.7 Å². The fourth-order valence-corrected chi connectivity index (χ4v) is 4.01. The molecule has 3 N–H and O–H groups in total. The standard InChI is InChI=1S/C21H34N4O.HI/c1-5-23-21(25-10-6-7-18(14-25)13-20(22)26)24-9-8-19-16(3)11-15(2)12-17(19)4;/h11-12,18H,5-10,13-14H2,1-4H3,(H2,22,26)(H,23,24);1H. The Labute approximate surface area is 181 Å².